The molecule has 1 aliphatic heterocycles. The highest BCUT2D eigenvalue weighted by Gasteiger charge is 2.22. The molecule has 0 fully saturated rings. The molecule has 0 saturated carbocycles. The third-order valence-corrected chi connectivity index (χ3v) is 4.50. The van der Waals surface area contributed by atoms with Gasteiger partial charge in [0.25, 0.3) is 5.91 Å². The molecule has 3 aromatic rings. The van der Waals surface area contributed by atoms with Crippen LogP contribution >= 0.6 is 0 Å². The van der Waals surface area contributed by atoms with Gasteiger partial charge in [-0.2, -0.15) is 0 Å². The minimum Gasteiger partial charge on any atom is -0.486 e. The van der Waals surface area contributed by atoms with Crippen molar-refractivity contribution in [3.8, 4) is 11.5 Å². The van der Waals surface area contributed by atoms with E-state index >= 15 is 0 Å². The Balaban J connectivity index is 1.24. The van der Waals surface area contributed by atoms with E-state index in [-0.39, 0.29) is 12.0 Å². The summed E-state index contributed by atoms with van der Waals surface area (Å²) in [6, 6.07) is 17.8. The number of hydrogen-bond donors (Lipinski definition) is 1. The number of para-hydroxylation sites is 2. The van der Waals surface area contributed by atoms with Gasteiger partial charge in [0.05, 0.1) is 12.7 Å². The molecule has 1 aromatic heterocycles. The Hall–Kier alpha value is -3.35. The number of carbonyl (C=O) groups is 1. The second kappa shape index (κ2) is 8.56. The summed E-state index contributed by atoms with van der Waals surface area (Å²) in [6.07, 6.45) is 3.25. The number of benzene rings is 2. The Morgan fingerprint density at radius 2 is 1.89 bits per heavy atom. The molecule has 28 heavy (non-hydrogen) atoms. The zero-order valence-electron chi connectivity index (χ0n) is 15.5. The summed E-state index contributed by atoms with van der Waals surface area (Å²) in [6.45, 7) is 1.48. The Bertz CT molecular complexity index is 926. The second-order valence-corrected chi connectivity index (χ2v) is 6.67. The van der Waals surface area contributed by atoms with Crippen LogP contribution in [-0.2, 0) is 13.0 Å². The van der Waals surface area contributed by atoms with E-state index < -0.39 is 0 Å². The maximum absolute atomic E-state index is 12.2. The van der Waals surface area contributed by atoms with Gasteiger partial charge in [-0.15, -0.1) is 5.10 Å². The molecule has 1 aliphatic rings. The first-order valence-corrected chi connectivity index (χ1v) is 9.39. The first-order valence-electron chi connectivity index (χ1n) is 9.39. The van der Waals surface area contributed by atoms with Crippen molar-refractivity contribution in [2.24, 2.45) is 0 Å². The molecular weight excluding hydrogens is 356 g/mol. The van der Waals surface area contributed by atoms with Gasteiger partial charge in [0.1, 0.15) is 6.61 Å². The van der Waals surface area contributed by atoms with E-state index in [1.165, 1.54) is 5.56 Å². The zero-order valence-corrected chi connectivity index (χ0v) is 15.5. The van der Waals surface area contributed by atoms with E-state index in [2.05, 4.69) is 27.8 Å². The lowest BCUT2D eigenvalue weighted by molar-refractivity contribution is 0.0754. The molecule has 1 N–H and O–H groups in total. The molecular formula is C21H22N4O3. The van der Waals surface area contributed by atoms with Crippen molar-refractivity contribution in [1.29, 1.82) is 0 Å². The van der Waals surface area contributed by atoms with Crippen molar-refractivity contribution in [1.82, 2.24) is 20.3 Å². The molecule has 1 amide bonds. The lowest BCUT2D eigenvalue weighted by Crippen LogP contribution is -2.33. The van der Waals surface area contributed by atoms with E-state index in [4.69, 9.17) is 9.47 Å². The van der Waals surface area contributed by atoms with Gasteiger partial charge >= 0.3 is 0 Å². The van der Waals surface area contributed by atoms with Crippen LogP contribution < -0.4 is 14.8 Å². The number of amides is 1. The van der Waals surface area contributed by atoms with Crippen LogP contribution in [0.5, 0.6) is 11.5 Å². The predicted octanol–water partition coefficient (Wildman–Crippen LogP) is 2.48. The fourth-order valence-corrected chi connectivity index (χ4v) is 3.08. The fraction of sp³-hybridized carbons (Fsp3) is 0.286. The van der Waals surface area contributed by atoms with Gasteiger partial charge in [0.2, 0.25) is 0 Å². The van der Waals surface area contributed by atoms with Crippen molar-refractivity contribution in [3.63, 3.8) is 0 Å². The van der Waals surface area contributed by atoms with Crippen LogP contribution in [0.15, 0.2) is 60.8 Å². The van der Waals surface area contributed by atoms with Crippen molar-refractivity contribution in [3.05, 3.63) is 72.1 Å². The lowest BCUT2D eigenvalue weighted by atomic mass is 10.1. The summed E-state index contributed by atoms with van der Waals surface area (Å²) < 4.78 is 13.2. The Morgan fingerprint density at radius 1 is 1.11 bits per heavy atom. The highest BCUT2D eigenvalue weighted by molar-refractivity contribution is 5.91. The van der Waals surface area contributed by atoms with Gasteiger partial charge in [-0.1, -0.05) is 47.7 Å². The standard InChI is InChI=1S/C21H22N4O3/c26-21(22-12-6-9-16-7-2-1-3-8-16)18-14-25(24-23-18)13-17-15-27-19-10-4-5-11-20(19)28-17/h1-5,7-8,10-11,14,17H,6,9,12-13,15H2,(H,22,26)/t17-/m0/s1. The van der Waals surface area contributed by atoms with Crippen molar-refractivity contribution < 1.29 is 14.3 Å². The van der Waals surface area contributed by atoms with Gasteiger partial charge in [-0.25, -0.2) is 4.68 Å². The molecule has 0 saturated heterocycles. The quantitative estimate of drug-likeness (QED) is 0.639. The monoisotopic (exact) mass is 378 g/mol. The fourth-order valence-electron chi connectivity index (χ4n) is 3.08. The molecule has 7 nitrogen and oxygen atoms in total. The topological polar surface area (TPSA) is 78.3 Å². The molecule has 0 unspecified atom stereocenters. The molecule has 7 heteroatoms. The average Bonchev–Trinajstić information content (AvgIpc) is 3.20. The highest BCUT2D eigenvalue weighted by atomic mass is 16.6. The smallest absolute Gasteiger partial charge is 0.273 e. The van der Waals surface area contributed by atoms with Crippen LogP contribution in [0.4, 0.5) is 0 Å². The van der Waals surface area contributed by atoms with Gasteiger partial charge in [0, 0.05) is 6.54 Å². The molecule has 1 atom stereocenters. The van der Waals surface area contributed by atoms with Gasteiger partial charge in [-0.3, -0.25) is 4.79 Å². The van der Waals surface area contributed by atoms with Crippen LogP contribution in [0.3, 0.4) is 0 Å². The predicted molar refractivity (Wildman–Crippen MR) is 103 cm³/mol. The molecule has 4 rings (SSSR count). The summed E-state index contributed by atoms with van der Waals surface area (Å²) in [5.74, 6) is 1.24. The maximum Gasteiger partial charge on any atom is 0.273 e. The first-order chi connectivity index (χ1) is 13.8. The van der Waals surface area contributed by atoms with E-state index in [9.17, 15) is 4.79 Å². The van der Waals surface area contributed by atoms with Crippen molar-refractivity contribution >= 4 is 5.91 Å². The van der Waals surface area contributed by atoms with Crippen LogP contribution in [-0.4, -0.2) is 40.2 Å². The lowest BCUT2D eigenvalue weighted by Gasteiger charge is -2.26. The van der Waals surface area contributed by atoms with Gasteiger partial charge in [-0.05, 0) is 30.5 Å². The van der Waals surface area contributed by atoms with Crippen LogP contribution in [0.25, 0.3) is 0 Å². The average molecular weight is 378 g/mol. The maximum atomic E-state index is 12.2. The van der Waals surface area contributed by atoms with Crippen molar-refractivity contribution in [2.75, 3.05) is 13.2 Å². The number of rotatable bonds is 7. The first kappa shape index (κ1) is 18.0. The summed E-state index contributed by atoms with van der Waals surface area (Å²) >= 11 is 0. The molecule has 0 bridgehead atoms. The molecule has 144 valence electrons. The molecule has 0 radical (unpaired) electrons. The SMILES string of the molecule is O=C(NCCCc1ccccc1)c1cn(C[C@H]2COc3ccccc3O2)nn1. The number of nitrogens with one attached hydrogen (secondary N) is 1. The number of nitrogens with zero attached hydrogens (tertiary/aromatic N) is 3. The van der Waals surface area contributed by atoms with Gasteiger partial charge in [0.15, 0.2) is 23.3 Å². The van der Waals surface area contributed by atoms with Crippen LogP contribution in [0.1, 0.15) is 22.5 Å². The van der Waals surface area contributed by atoms with E-state index in [1.807, 2.05) is 42.5 Å². The van der Waals surface area contributed by atoms with Crippen LogP contribution in [0.2, 0.25) is 0 Å². The highest BCUT2D eigenvalue weighted by Crippen LogP contribution is 2.31. The van der Waals surface area contributed by atoms with Crippen molar-refractivity contribution in [2.45, 2.75) is 25.5 Å². The second-order valence-electron chi connectivity index (χ2n) is 6.67. The largest absolute Gasteiger partial charge is 0.486 e. The summed E-state index contributed by atoms with van der Waals surface area (Å²) in [5.41, 5.74) is 1.57. The van der Waals surface area contributed by atoms with E-state index in [0.29, 0.717) is 25.4 Å². The summed E-state index contributed by atoms with van der Waals surface area (Å²) in [4.78, 5) is 12.2. The molecule has 2 heterocycles. The minimum atomic E-state index is -0.217. The third kappa shape index (κ3) is 4.49. The third-order valence-electron chi connectivity index (χ3n) is 4.50. The normalized spacial score (nSPS) is 15.2. The summed E-state index contributed by atoms with van der Waals surface area (Å²) in [5, 5.41) is 10.9. The van der Waals surface area contributed by atoms with Crippen LogP contribution in [0, 0.1) is 0 Å². The minimum absolute atomic E-state index is 0.182. The van der Waals surface area contributed by atoms with E-state index in [1.54, 1.807) is 10.9 Å². The van der Waals surface area contributed by atoms with E-state index in [0.717, 1.165) is 24.3 Å². The number of aryl methyl sites for hydroxylation is 1. The Kier molecular flexibility index (Phi) is 5.51. The van der Waals surface area contributed by atoms with Gasteiger partial charge < -0.3 is 14.8 Å². The number of ether oxygens (including phenoxy) is 2. The number of fused-ring (bicyclic) bond motifs is 1. The molecule has 0 spiro atoms. The molecule has 2 aromatic carbocycles. The number of aromatic nitrogens is 3. The summed E-state index contributed by atoms with van der Waals surface area (Å²) in [7, 11) is 0. The number of hydrogen-bond acceptors (Lipinski definition) is 5. The zero-order chi connectivity index (χ0) is 19.2. The molecule has 0 aliphatic carbocycles. The number of carbonyl (C=O) groups excluding carboxylic acids is 1. The Labute approximate surface area is 163 Å². The Morgan fingerprint density at radius 3 is 2.75 bits per heavy atom.